The molecule has 112 valence electrons. The van der Waals surface area contributed by atoms with Gasteiger partial charge in [-0.15, -0.1) is 0 Å². The zero-order chi connectivity index (χ0) is 15.1. The molecule has 0 aliphatic rings. The molecule has 0 radical (unpaired) electrons. The Balaban J connectivity index is 1.95. The second-order valence-corrected chi connectivity index (χ2v) is 5.87. The molecule has 1 heteroatoms. The molecule has 1 unspecified atom stereocenters. The van der Waals surface area contributed by atoms with Gasteiger partial charge in [0, 0.05) is 12.1 Å². The van der Waals surface area contributed by atoms with Crippen LogP contribution in [-0.2, 0) is 6.42 Å². The summed E-state index contributed by atoms with van der Waals surface area (Å²) in [5.74, 6) is 0. The van der Waals surface area contributed by atoms with Gasteiger partial charge in [0.05, 0.1) is 0 Å². The summed E-state index contributed by atoms with van der Waals surface area (Å²) in [4.78, 5) is 0. The highest BCUT2D eigenvalue weighted by Gasteiger charge is 2.10. The molecular formula is C20H27N. The van der Waals surface area contributed by atoms with Gasteiger partial charge in [-0.05, 0) is 43.4 Å². The predicted octanol–water partition coefficient (Wildman–Crippen LogP) is 5.44. The highest BCUT2D eigenvalue weighted by molar-refractivity contribution is 5.26. The average molecular weight is 281 g/mol. The number of hydrogen-bond donors (Lipinski definition) is 1. The maximum Gasteiger partial charge on any atom is 0.0297 e. The summed E-state index contributed by atoms with van der Waals surface area (Å²) >= 11 is 0. The van der Waals surface area contributed by atoms with E-state index in [2.05, 4.69) is 80.7 Å². The van der Waals surface area contributed by atoms with Crippen molar-refractivity contribution in [3.63, 3.8) is 0 Å². The van der Waals surface area contributed by atoms with Crippen LogP contribution in [0.5, 0.6) is 0 Å². The molecular weight excluding hydrogens is 254 g/mol. The van der Waals surface area contributed by atoms with Crippen molar-refractivity contribution in [2.45, 2.75) is 52.1 Å². The fourth-order valence-corrected chi connectivity index (χ4v) is 2.66. The van der Waals surface area contributed by atoms with E-state index in [1.54, 1.807) is 0 Å². The van der Waals surface area contributed by atoms with Gasteiger partial charge >= 0.3 is 0 Å². The fraction of sp³-hybridized carbons (Fsp3) is 0.400. The lowest BCUT2D eigenvalue weighted by molar-refractivity contribution is 0.494. The second-order valence-electron chi connectivity index (χ2n) is 5.87. The summed E-state index contributed by atoms with van der Waals surface area (Å²) in [6.45, 7) is 6.70. The van der Waals surface area contributed by atoms with Crippen LogP contribution in [0.2, 0.25) is 0 Å². The number of nitrogens with one attached hydrogen (secondary N) is 1. The van der Waals surface area contributed by atoms with Gasteiger partial charge in [-0.25, -0.2) is 0 Å². The Morgan fingerprint density at radius 3 is 1.95 bits per heavy atom. The molecule has 0 aromatic heterocycles. The lowest BCUT2D eigenvalue weighted by atomic mass is 10.0. The number of rotatable bonds is 7. The Morgan fingerprint density at radius 2 is 1.38 bits per heavy atom. The largest absolute Gasteiger partial charge is 0.304 e. The normalized spacial score (nSPS) is 13.9. The first kappa shape index (κ1) is 15.8. The molecule has 0 fully saturated rings. The molecule has 0 aliphatic carbocycles. The molecule has 2 atom stereocenters. The van der Waals surface area contributed by atoms with Crippen LogP contribution >= 0.6 is 0 Å². The smallest absolute Gasteiger partial charge is 0.0297 e. The Morgan fingerprint density at radius 1 is 0.810 bits per heavy atom. The molecule has 1 N–H and O–H groups in total. The number of hydrogen-bond acceptors (Lipinski definition) is 1. The van der Waals surface area contributed by atoms with Crippen LogP contribution < -0.4 is 5.32 Å². The highest BCUT2D eigenvalue weighted by Crippen LogP contribution is 2.20. The van der Waals surface area contributed by atoms with E-state index in [9.17, 15) is 0 Å². The van der Waals surface area contributed by atoms with Crippen LogP contribution in [-0.4, -0.2) is 0 Å². The molecule has 0 saturated carbocycles. The fourth-order valence-electron chi connectivity index (χ4n) is 2.66. The van der Waals surface area contributed by atoms with Crippen LogP contribution in [0.4, 0.5) is 0 Å². The Bertz CT molecular complexity index is 515. The van der Waals surface area contributed by atoms with Crippen molar-refractivity contribution in [2.24, 2.45) is 0 Å². The maximum atomic E-state index is 3.68. The highest BCUT2D eigenvalue weighted by atomic mass is 14.9. The summed E-state index contributed by atoms with van der Waals surface area (Å²) in [6.07, 6.45) is 3.73. The zero-order valence-corrected chi connectivity index (χ0v) is 13.5. The lowest BCUT2D eigenvalue weighted by Crippen LogP contribution is -2.22. The minimum absolute atomic E-state index is 0.362. The molecule has 0 aliphatic heterocycles. The van der Waals surface area contributed by atoms with Crippen molar-refractivity contribution in [1.29, 1.82) is 0 Å². The standard InChI is InChI=1S/C20H27N/c1-4-5-9-18-12-14-20(15-13-18)17(3)21-16(2)19-10-7-6-8-11-19/h6-8,10-17,21H,4-5,9H2,1-3H3/t16-,17?/m1/s1. The van der Waals surface area contributed by atoms with E-state index in [4.69, 9.17) is 0 Å². The molecule has 2 aromatic rings. The Kier molecular flexibility index (Phi) is 6.01. The number of unbranched alkanes of at least 4 members (excludes halogenated alkanes) is 1. The number of aryl methyl sites for hydroxylation is 1. The molecule has 0 bridgehead atoms. The first-order valence-corrected chi connectivity index (χ1v) is 8.10. The first-order valence-electron chi connectivity index (χ1n) is 8.10. The zero-order valence-electron chi connectivity index (χ0n) is 13.5. The van der Waals surface area contributed by atoms with E-state index in [1.807, 2.05) is 0 Å². The predicted molar refractivity (Wildman–Crippen MR) is 91.5 cm³/mol. The summed E-state index contributed by atoms with van der Waals surface area (Å²) in [5, 5.41) is 3.68. The third kappa shape index (κ3) is 4.71. The number of benzene rings is 2. The SMILES string of the molecule is CCCCc1ccc(C(C)N[C@H](C)c2ccccc2)cc1. The van der Waals surface area contributed by atoms with E-state index < -0.39 is 0 Å². The van der Waals surface area contributed by atoms with Gasteiger partial charge in [0.2, 0.25) is 0 Å². The van der Waals surface area contributed by atoms with Gasteiger partial charge in [0.25, 0.3) is 0 Å². The van der Waals surface area contributed by atoms with Crippen LogP contribution in [0.15, 0.2) is 54.6 Å². The maximum absolute atomic E-state index is 3.68. The van der Waals surface area contributed by atoms with Gasteiger partial charge in [-0.2, -0.15) is 0 Å². The van der Waals surface area contributed by atoms with Crippen LogP contribution in [0.25, 0.3) is 0 Å². The molecule has 2 rings (SSSR count). The topological polar surface area (TPSA) is 12.0 Å². The summed E-state index contributed by atoms with van der Waals surface area (Å²) in [5.41, 5.74) is 4.14. The van der Waals surface area contributed by atoms with E-state index in [0.717, 1.165) is 0 Å². The van der Waals surface area contributed by atoms with Crippen molar-refractivity contribution in [1.82, 2.24) is 5.32 Å². The molecule has 0 saturated heterocycles. The van der Waals surface area contributed by atoms with Gasteiger partial charge in [0.1, 0.15) is 0 Å². The van der Waals surface area contributed by atoms with E-state index in [0.29, 0.717) is 12.1 Å². The quantitative estimate of drug-likeness (QED) is 0.712. The third-order valence-electron chi connectivity index (χ3n) is 4.10. The van der Waals surface area contributed by atoms with Crippen molar-refractivity contribution < 1.29 is 0 Å². The Labute approximate surface area is 129 Å². The van der Waals surface area contributed by atoms with Crippen LogP contribution in [0.3, 0.4) is 0 Å². The molecule has 21 heavy (non-hydrogen) atoms. The molecule has 1 nitrogen and oxygen atoms in total. The van der Waals surface area contributed by atoms with Crippen molar-refractivity contribution >= 4 is 0 Å². The van der Waals surface area contributed by atoms with E-state index in [-0.39, 0.29) is 0 Å². The second kappa shape index (κ2) is 7.99. The lowest BCUT2D eigenvalue weighted by Gasteiger charge is -2.21. The average Bonchev–Trinajstić information content (AvgIpc) is 2.54. The third-order valence-corrected chi connectivity index (χ3v) is 4.10. The van der Waals surface area contributed by atoms with E-state index in [1.165, 1.54) is 36.0 Å². The first-order chi connectivity index (χ1) is 10.2. The van der Waals surface area contributed by atoms with Crippen LogP contribution in [0, 0.1) is 0 Å². The molecule has 2 aromatic carbocycles. The van der Waals surface area contributed by atoms with Crippen molar-refractivity contribution in [3.8, 4) is 0 Å². The summed E-state index contributed by atoms with van der Waals surface area (Å²) in [6, 6.07) is 20.4. The monoisotopic (exact) mass is 281 g/mol. The van der Waals surface area contributed by atoms with Crippen LogP contribution in [0.1, 0.15) is 62.4 Å². The van der Waals surface area contributed by atoms with Gasteiger partial charge in [-0.1, -0.05) is 67.9 Å². The van der Waals surface area contributed by atoms with Gasteiger partial charge in [0.15, 0.2) is 0 Å². The van der Waals surface area contributed by atoms with Crippen molar-refractivity contribution in [3.05, 3.63) is 71.3 Å². The van der Waals surface area contributed by atoms with Gasteiger partial charge < -0.3 is 5.32 Å². The van der Waals surface area contributed by atoms with Crippen molar-refractivity contribution in [2.75, 3.05) is 0 Å². The molecule has 0 heterocycles. The Hall–Kier alpha value is -1.60. The molecule has 0 amide bonds. The van der Waals surface area contributed by atoms with Gasteiger partial charge in [-0.3, -0.25) is 0 Å². The summed E-state index contributed by atoms with van der Waals surface area (Å²) < 4.78 is 0. The van der Waals surface area contributed by atoms with E-state index >= 15 is 0 Å². The molecule has 0 spiro atoms. The summed E-state index contributed by atoms with van der Waals surface area (Å²) in [7, 11) is 0. The minimum atomic E-state index is 0.362. The minimum Gasteiger partial charge on any atom is -0.304 e.